The molecule has 0 saturated heterocycles. The van der Waals surface area contributed by atoms with Gasteiger partial charge in [0.15, 0.2) is 11.5 Å². The van der Waals surface area contributed by atoms with Crippen LogP contribution in [0, 0.1) is 11.3 Å². The Balaban J connectivity index is 1.52. The molecule has 3 aromatic rings. The second-order valence-electron chi connectivity index (χ2n) is 12.0. The third-order valence-corrected chi connectivity index (χ3v) is 10.6. The molecule has 1 amide bonds. The normalized spacial score (nSPS) is 15.2. The first-order chi connectivity index (χ1) is 21.5. The minimum Gasteiger partial charge on any atom is -0.493 e. The predicted molar refractivity (Wildman–Crippen MR) is 166 cm³/mol. The number of anilines is 1. The van der Waals surface area contributed by atoms with Gasteiger partial charge in [0.1, 0.15) is 10.7 Å². The van der Waals surface area contributed by atoms with Crippen molar-refractivity contribution in [2.75, 3.05) is 32.4 Å². The standard InChI is InChI=1S/C31H36F3N3O7S2/c1-30(2,3)18-10-11-19-23(15-18)45-27(26(19)28(39)44-6)37-25(38)8-7-13-46(40,41)29-35-20(16-24(36-29)31(32,33)34)17-9-12-21(42-4)22(14-17)43-5/h9,12,14,16,18H,7-8,10-11,13,15H2,1-6H3,(H,37,38). The van der Waals surface area contributed by atoms with Crippen molar-refractivity contribution in [2.24, 2.45) is 11.3 Å². The molecule has 1 aliphatic rings. The maximum Gasteiger partial charge on any atom is 0.433 e. The monoisotopic (exact) mass is 683 g/mol. The number of carbonyl (C=O) groups is 2. The van der Waals surface area contributed by atoms with Crippen LogP contribution in [-0.4, -0.2) is 57.3 Å². The van der Waals surface area contributed by atoms with E-state index in [4.69, 9.17) is 14.2 Å². The third kappa shape index (κ3) is 7.80. The molecule has 0 radical (unpaired) electrons. The lowest BCUT2D eigenvalue weighted by atomic mass is 9.72. The highest BCUT2D eigenvalue weighted by Crippen LogP contribution is 2.44. The lowest BCUT2D eigenvalue weighted by Crippen LogP contribution is -2.26. The summed E-state index contributed by atoms with van der Waals surface area (Å²) in [4.78, 5) is 33.8. The van der Waals surface area contributed by atoms with Crippen LogP contribution >= 0.6 is 11.3 Å². The molecule has 1 atom stereocenters. The number of rotatable bonds is 10. The highest BCUT2D eigenvalue weighted by Gasteiger charge is 2.36. The number of methoxy groups -OCH3 is 3. The number of esters is 1. The van der Waals surface area contributed by atoms with Gasteiger partial charge in [-0.05, 0) is 66.8 Å². The molecule has 1 aliphatic carbocycles. The van der Waals surface area contributed by atoms with Gasteiger partial charge in [-0.15, -0.1) is 11.3 Å². The smallest absolute Gasteiger partial charge is 0.433 e. The second-order valence-corrected chi connectivity index (χ2v) is 15.1. The van der Waals surface area contributed by atoms with Crippen LogP contribution < -0.4 is 14.8 Å². The molecular formula is C31H36F3N3O7S2. The van der Waals surface area contributed by atoms with Crippen LogP contribution in [0.4, 0.5) is 18.2 Å². The van der Waals surface area contributed by atoms with Crippen LogP contribution in [-0.2, 0) is 38.4 Å². The van der Waals surface area contributed by atoms with Gasteiger partial charge in [0, 0.05) is 16.9 Å². The molecular weight excluding hydrogens is 647 g/mol. The van der Waals surface area contributed by atoms with Crippen LogP contribution in [0.15, 0.2) is 29.4 Å². The lowest BCUT2D eigenvalue weighted by Gasteiger charge is -2.33. The Morgan fingerprint density at radius 1 is 1.04 bits per heavy atom. The molecule has 0 saturated carbocycles. The summed E-state index contributed by atoms with van der Waals surface area (Å²) < 4.78 is 82.9. The fourth-order valence-corrected chi connectivity index (χ4v) is 7.80. The number of sulfone groups is 1. The van der Waals surface area contributed by atoms with Crippen molar-refractivity contribution in [2.45, 2.75) is 64.2 Å². The van der Waals surface area contributed by atoms with Gasteiger partial charge in [-0.25, -0.2) is 23.2 Å². The number of nitrogens with one attached hydrogen (secondary N) is 1. The highest BCUT2D eigenvalue weighted by atomic mass is 32.2. The Morgan fingerprint density at radius 3 is 2.35 bits per heavy atom. The average Bonchev–Trinajstić information content (AvgIpc) is 3.35. The summed E-state index contributed by atoms with van der Waals surface area (Å²) >= 11 is 1.30. The van der Waals surface area contributed by atoms with E-state index in [1.165, 1.54) is 50.9 Å². The van der Waals surface area contributed by atoms with Gasteiger partial charge in [0.05, 0.1) is 38.3 Å². The summed E-state index contributed by atoms with van der Waals surface area (Å²) in [5.74, 6) is -0.899. The highest BCUT2D eigenvalue weighted by molar-refractivity contribution is 7.91. The Morgan fingerprint density at radius 2 is 1.74 bits per heavy atom. The van der Waals surface area contributed by atoms with Crippen molar-refractivity contribution in [3.8, 4) is 22.8 Å². The molecule has 250 valence electrons. The number of carbonyl (C=O) groups excluding carboxylic acids is 2. The zero-order valence-corrected chi connectivity index (χ0v) is 28.0. The van der Waals surface area contributed by atoms with Gasteiger partial charge >= 0.3 is 12.1 Å². The Kier molecular flexibility index (Phi) is 10.4. The molecule has 1 unspecified atom stereocenters. The zero-order chi connectivity index (χ0) is 34.0. The number of hydrogen-bond acceptors (Lipinski definition) is 10. The van der Waals surface area contributed by atoms with Gasteiger partial charge in [-0.2, -0.15) is 13.2 Å². The molecule has 2 aromatic heterocycles. The van der Waals surface area contributed by atoms with E-state index in [0.29, 0.717) is 34.7 Å². The number of nitrogens with zero attached hydrogens (tertiary/aromatic N) is 2. The Bertz CT molecular complexity index is 1730. The number of alkyl halides is 3. The van der Waals surface area contributed by atoms with Gasteiger partial charge in [0.2, 0.25) is 20.9 Å². The Labute approximate surface area is 269 Å². The fraction of sp³-hybridized carbons (Fsp3) is 0.484. The first kappa shape index (κ1) is 35.1. The molecule has 0 aliphatic heterocycles. The van der Waals surface area contributed by atoms with E-state index in [2.05, 4.69) is 36.1 Å². The number of fused-ring (bicyclic) bond motifs is 1. The summed E-state index contributed by atoms with van der Waals surface area (Å²) in [5.41, 5.74) is -0.360. The number of amides is 1. The molecule has 1 N–H and O–H groups in total. The third-order valence-electron chi connectivity index (χ3n) is 7.90. The molecule has 0 fully saturated rings. The van der Waals surface area contributed by atoms with Crippen molar-refractivity contribution < 1.29 is 45.4 Å². The topological polar surface area (TPSA) is 134 Å². The summed E-state index contributed by atoms with van der Waals surface area (Å²) in [6.45, 7) is 6.49. The number of aromatic nitrogens is 2. The van der Waals surface area contributed by atoms with Crippen LogP contribution in [0.25, 0.3) is 11.3 Å². The maximum atomic E-state index is 13.7. The van der Waals surface area contributed by atoms with Crippen molar-refractivity contribution >= 4 is 38.1 Å². The second kappa shape index (κ2) is 13.6. The summed E-state index contributed by atoms with van der Waals surface area (Å²) in [6.07, 6.45) is -3.17. The first-order valence-electron chi connectivity index (χ1n) is 14.4. The zero-order valence-electron chi connectivity index (χ0n) is 26.3. The number of benzene rings is 1. The van der Waals surface area contributed by atoms with Crippen LogP contribution in [0.1, 0.15) is 66.5 Å². The lowest BCUT2D eigenvalue weighted by molar-refractivity contribution is -0.141. The maximum absolute atomic E-state index is 13.7. The molecule has 1 aromatic carbocycles. The average molecular weight is 684 g/mol. The van der Waals surface area contributed by atoms with Crippen molar-refractivity contribution in [3.63, 3.8) is 0 Å². The number of halogens is 3. The van der Waals surface area contributed by atoms with Gasteiger partial charge in [0.25, 0.3) is 0 Å². The van der Waals surface area contributed by atoms with Crippen LogP contribution in [0.2, 0.25) is 0 Å². The van der Waals surface area contributed by atoms with Gasteiger partial charge in [-0.1, -0.05) is 20.8 Å². The SMILES string of the molecule is COC(=O)c1c(NC(=O)CCCS(=O)(=O)c2nc(-c3ccc(OC)c(OC)c3)cc(C(F)(F)F)n2)sc2c1CCC(C(C)(C)C)C2. The molecule has 46 heavy (non-hydrogen) atoms. The van der Waals surface area contributed by atoms with E-state index in [0.717, 1.165) is 23.3 Å². The summed E-state index contributed by atoms with van der Waals surface area (Å²) in [5, 5.41) is 2.04. The molecule has 2 heterocycles. The minimum absolute atomic E-state index is 0.0631. The number of thiophene rings is 1. The fourth-order valence-electron chi connectivity index (χ4n) is 5.29. The molecule has 15 heteroatoms. The van der Waals surface area contributed by atoms with Gasteiger partial charge < -0.3 is 19.5 Å². The predicted octanol–water partition coefficient (Wildman–Crippen LogP) is 6.37. The van der Waals surface area contributed by atoms with E-state index >= 15 is 0 Å². The largest absolute Gasteiger partial charge is 0.493 e. The van der Waals surface area contributed by atoms with Crippen molar-refractivity contribution in [3.05, 3.63) is 46.0 Å². The van der Waals surface area contributed by atoms with E-state index in [1.807, 2.05) is 0 Å². The molecule has 0 bridgehead atoms. The first-order valence-corrected chi connectivity index (χ1v) is 16.9. The van der Waals surface area contributed by atoms with E-state index in [-0.39, 0.29) is 35.3 Å². The van der Waals surface area contributed by atoms with Crippen molar-refractivity contribution in [1.29, 1.82) is 0 Å². The molecule has 10 nitrogen and oxygen atoms in total. The van der Waals surface area contributed by atoms with E-state index in [1.54, 1.807) is 0 Å². The number of ether oxygens (including phenoxy) is 3. The Hall–Kier alpha value is -3.72. The van der Waals surface area contributed by atoms with Crippen LogP contribution in [0.5, 0.6) is 11.5 Å². The quantitative estimate of drug-likeness (QED) is 0.191. The van der Waals surface area contributed by atoms with E-state index in [9.17, 15) is 31.2 Å². The molecule has 4 rings (SSSR count). The number of hydrogen-bond donors (Lipinski definition) is 1. The molecule has 0 spiro atoms. The minimum atomic E-state index is -4.96. The van der Waals surface area contributed by atoms with Crippen molar-refractivity contribution in [1.82, 2.24) is 9.97 Å². The van der Waals surface area contributed by atoms with Crippen LogP contribution in [0.3, 0.4) is 0 Å². The summed E-state index contributed by atoms with van der Waals surface area (Å²) in [7, 11) is -0.449. The summed E-state index contributed by atoms with van der Waals surface area (Å²) in [6, 6.07) is 4.89. The van der Waals surface area contributed by atoms with Gasteiger partial charge in [-0.3, -0.25) is 4.79 Å². The van der Waals surface area contributed by atoms with E-state index < -0.39 is 44.5 Å².